The number of piperidine rings is 1. The van der Waals surface area contributed by atoms with Crippen molar-refractivity contribution in [3.05, 3.63) is 29.3 Å². The van der Waals surface area contributed by atoms with Gasteiger partial charge in [0, 0.05) is 17.7 Å². The zero-order valence-electron chi connectivity index (χ0n) is 13.4. The number of anilines is 2. The third kappa shape index (κ3) is 3.24. The molecule has 0 unspecified atom stereocenters. The number of phenolic OH excluding ortho intramolecular Hbond substituents is 1. The lowest BCUT2D eigenvalue weighted by atomic mass is 10.0. The quantitative estimate of drug-likeness (QED) is 0.787. The molecule has 24 heavy (non-hydrogen) atoms. The maximum Gasteiger partial charge on any atom is 0.222 e. The first kappa shape index (κ1) is 16.0. The normalized spacial score (nSPS) is 15.1. The molecule has 0 radical (unpaired) electrons. The summed E-state index contributed by atoms with van der Waals surface area (Å²) < 4.78 is 0. The number of aromatic nitrogens is 2. The van der Waals surface area contributed by atoms with Crippen molar-refractivity contribution in [1.29, 1.82) is 5.26 Å². The van der Waals surface area contributed by atoms with Gasteiger partial charge in [0.05, 0.1) is 5.69 Å². The second-order valence-corrected chi connectivity index (χ2v) is 5.98. The molecule has 1 aromatic carbocycles. The van der Waals surface area contributed by atoms with E-state index < -0.39 is 0 Å². The van der Waals surface area contributed by atoms with Gasteiger partial charge in [-0.2, -0.15) is 10.2 Å². The number of nitrogens with zero attached hydrogens (tertiary/aromatic N) is 4. The first-order chi connectivity index (χ1) is 11.6. The fourth-order valence-corrected chi connectivity index (χ4v) is 3.03. The molecule has 0 atom stereocenters. The summed E-state index contributed by atoms with van der Waals surface area (Å²) in [4.78, 5) is 10.3. The second-order valence-electron chi connectivity index (χ2n) is 5.98. The fraction of sp³-hybridized carbons (Fsp3) is 0.353. The van der Waals surface area contributed by atoms with Crippen LogP contribution in [0.2, 0.25) is 0 Å². The molecule has 124 valence electrons. The zero-order chi connectivity index (χ0) is 17.1. The van der Waals surface area contributed by atoms with E-state index in [-0.39, 0.29) is 23.1 Å². The maximum atomic E-state index is 10.2. The standard InChI is InChI=1S/C17H20N6O/c18-9-13-15(21-17(20)22-16(13)19)11-4-5-14(24)12(8-11)10-23-6-2-1-3-7-23/h4-5,8,24H,1-3,6-7,10H2,(H4,19,20,21,22). The van der Waals surface area contributed by atoms with Gasteiger partial charge in [0.2, 0.25) is 5.95 Å². The van der Waals surface area contributed by atoms with Crippen LogP contribution in [-0.4, -0.2) is 33.1 Å². The minimum atomic E-state index is 0.0205. The molecule has 3 rings (SSSR count). The molecule has 0 saturated carbocycles. The minimum Gasteiger partial charge on any atom is -0.508 e. The molecule has 0 amide bonds. The van der Waals surface area contributed by atoms with Crippen molar-refractivity contribution >= 4 is 11.8 Å². The van der Waals surface area contributed by atoms with Crippen LogP contribution in [-0.2, 0) is 6.54 Å². The van der Waals surface area contributed by atoms with Crippen LogP contribution < -0.4 is 11.5 Å². The van der Waals surface area contributed by atoms with Crippen molar-refractivity contribution < 1.29 is 5.11 Å². The van der Waals surface area contributed by atoms with Crippen LogP contribution in [0, 0.1) is 11.3 Å². The van der Waals surface area contributed by atoms with Crippen molar-refractivity contribution in [3.63, 3.8) is 0 Å². The van der Waals surface area contributed by atoms with Gasteiger partial charge >= 0.3 is 0 Å². The Balaban J connectivity index is 1.98. The Morgan fingerprint density at radius 2 is 1.92 bits per heavy atom. The average molecular weight is 324 g/mol. The van der Waals surface area contributed by atoms with Crippen molar-refractivity contribution in [3.8, 4) is 23.1 Å². The first-order valence-electron chi connectivity index (χ1n) is 7.96. The molecule has 1 saturated heterocycles. The van der Waals surface area contributed by atoms with E-state index in [1.165, 1.54) is 19.3 Å². The number of nitriles is 1. The molecule has 1 aliphatic heterocycles. The zero-order valence-corrected chi connectivity index (χ0v) is 13.4. The monoisotopic (exact) mass is 324 g/mol. The van der Waals surface area contributed by atoms with Gasteiger partial charge < -0.3 is 16.6 Å². The van der Waals surface area contributed by atoms with E-state index in [1.807, 2.05) is 12.1 Å². The van der Waals surface area contributed by atoms with Gasteiger partial charge in [-0.15, -0.1) is 0 Å². The van der Waals surface area contributed by atoms with Crippen molar-refractivity contribution in [1.82, 2.24) is 14.9 Å². The van der Waals surface area contributed by atoms with E-state index in [4.69, 9.17) is 11.5 Å². The Kier molecular flexibility index (Phi) is 4.49. The van der Waals surface area contributed by atoms with Crippen molar-refractivity contribution in [2.75, 3.05) is 24.6 Å². The lowest BCUT2D eigenvalue weighted by Gasteiger charge is -2.26. The maximum absolute atomic E-state index is 10.2. The summed E-state index contributed by atoms with van der Waals surface area (Å²) in [5.74, 6) is 0.315. The largest absolute Gasteiger partial charge is 0.508 e. The highest BCUT2D eigenvalue weighted by Crippen LogP contribution is 2.30. The molecular formula is C17H20N6O. The number of benzene rings is 1. The lowest BCUT2D eigenvalue weighted by Crippen LogP contribution is -2.29. The van der Waals surface area contributed by atoms with E-state index in [1.54, 1.807) is 12.1 Å². The highest BCUT2D eigenvalue weighted by Gasteiger charge is 2.17. The summed E-state index contributed by atoms with van der Waals surface area (Å²) in [5.41, 5.74) is 13.5. The Bertz CT molecular complexity index is 792. The summed E-state index contributed by atoms with van der Waals surface area (Å²) in [6.45, 7) is 2.72. The van der Waals surface area contributed by atoms with E-state index in [9.17, 15) is 10.4 Å². The Hall–Kier alpha value is -2.85. The molecular weight excluding hydrogens is 304 g/mol. The topological polar surface area (TPSA) is 125 Å². The molecule has 0 aliphatic carbocycles. The Morgan fingerprint density at radius 3 is 2.62 bits per heavy atom. The molecule has 5 N–H and O–H groups in total. The van der Waals surface area contributed by atoms with Crippen LogP contribution in [0.5, 0.6) is 5.75 Å². The molecule has 2 aromatic rings. The van der Waals surface area contributed by atoms with Crippen LogP contribution in [0.1, 0.15) is 30.4 Å². The van der Waals surface area contributed by atoms with Gasteiger partial charge in [-0.05, 0) is 44.1 Å². The molecule has 2 heterocycles. The summed E-state index contributed by atoms with van der Waals surface area (Å²) in [5, 5.41) is 19.5. The van der Waals surface area contributed by atoms with Crippen LogP contribution in [0.15, 0.2) is 18.2 Å². The third-order valence-corrected chi connectivity index (χ3v) is 4.26. The van der Waals surface area contributed by atoms with Crippen molar-refractivity contribution in [2.24, 2.45) is 0 Å². The van der Waals surface area contributed by atoms with Gasteiger partial charge in [0.15, 0.2) is 0 Å². The number of nitrogens with two attached hydrogens (primary N) is 2. The summed E-state index contributed by atoms with van der Waals surface area (Å²) in [6, 6.07) is 7.19. The molecule has 1 fully saturated rings. The number of phenols is 1. The van der Waals surface area contributed by atoms with E-state index in [0.717, 1.165) is 18.7 Å². The number of hydrogen-bond donors (Lipinski definition) is 3. The van der Waals surface area contributed by atoms with Gasteiger partial charge in [-0.1, -0.05) is 6.42 Å². The van der Waals surface area contributed by atoms with Gasteiger partial charge in [-0.3, -0.25) is 4.90 Å². The fourth-order valence-electron chi connectivity index (χ4n) is 3.03. The predicted molar refractivity (Wildman–Crippen MR) is 91.8 cm³/mol. The third-order valence-electron chi connectivity index (χ3n) is 4.26. The first-order valence-corrected chi connectivity index (χ1v) is 7.96. The highest BCUT2D eigenvalue weighted by molar-refractivity contribution is 5.74. The second kappa shape index (κ2) is 6.72. The number of hydrogen-bond acceptors (Lipinski definition) is 7. The molecule has 7 heteroatoms. The number of aromatic hydroxyl groups is 1. The van der Waals surface area contributed by atoms with Gasteiger partial charge in [0.1, 0.15) is 23.2 Å². The lowest BCUT2D eigenvalue weighted by molar-refractivity contribution is 0.218. The number of nitrogen functional groups attached to an aromatic ring is 2. The summed E-state index contributed by atoms with van der Waals surface area (Å²) in [7, 11) is 0. The molecule has 0 bridgehead atoms. The average Bonchev–Trinajstić information content (AvgIpc) is 2.57. The SMILES string of the molecule is N#Cc1c(N)nc(N)nc1-c1ccc(O)c(CN2CCCCC2)c1. The van der Waals surface area contributed by atoms with Crippen LogP contribution in [0.25, 0.3) is 11.3 Å². The van der Waals surface area contributed by atoms with Gasteiger partial charge in [-0.25, -0.2) is 4.98 Å². The predicted octanol–water partition coefficient (Wildman–Crippen LogP) is 1.87. The van der Waals surface area contributed by atoms with E-state index in [0.29, 0.717) is 17.8 Å². The minimum absolute atomic E-state index is 0.0205. The van der Waals surface area contributed by atoms with Crippen LogP contribution in [0.4, 0.5) is 11.8 Å². The Labute approximate surface area is 140 Å². The molecule has 7 nitrogen and oxygen atoms in total. The summed E-state index contributed by atoms with van der Waals surface area (Å²) in [6.07, 6.45) is 3.61. The Morgan fingerprint density at radius 1 is 1.17 bits per heavy atom. The molecule has 1 aliphatic rings. The number of likely N-dealkylation sites (tertiary alicyclic amines) is 1. The smallest absolute Gasteiger partial charge is 0.222 e. The summed E-state index contributed by atoms with van der Waals surface area (Å²) >= 11 is 0. The molecule has 0 spiro atoms. The highest BCUT2D eigenvalue weighted by atomic mass is 16.3. The molecule has 1 aromatic heterocycles. The number of rotatable bonds is 3. The van der Waals surface area contributed by atoms with E-state index in [2.05, 4.69) is 14.9 Å². The van der Waals surface area contributed by atoms with Crippen LogP contribution >= 0.6 is 0 Å². The van der Waals surface area contributed by atoms with E-state index >= 15 is 0 Å². The van der Waals surface area contributed by atoms with Crippen molar-refractivity contribution in [2.45, 2.75) is 25.8 Å². The van der Waals surface area contributed by atoms with Crippen LogP contribution in [0.3, 0.4) is 0 Å². The van der Waals surface area contributed by atoms with Gasteiger partial charge in [0.25, 0.3) is 0 Å².